The molecular weight excluding hydrogens is 663 g/mol. The van der Waals surface area contributed by atoms with Crippen molar-refractivity contribution in [1.29, 1.82) is 0 Å². The molecule has 0 N–H and O–H groups in total. The van der Waals surface area contributed by atoms with Crippen molar-refractivity contribution in [2.75, 3.05) is 0 Å². The van der Waals surface area contributed by atoms with Crippen LogP contribution in [0.25, 0.3) is 115 Å². The number of hydrogen-bond acceptors (Lipinski definition) is 2. The largest absolute Gasteiger partial charge is 0.454 e. The molecule has 54 heavy (non-hydrogen) atoms. The second-order valence-corrected chi connectivity index (χ2v) is 13.9. The third kappa shape index (κ3) is 3.86. The maximum absolute atomic E-state index is 8.29. The molecule has 8 aromatic carbocycles. The molecule has 5 heteroatoms. The molecule has 0 amide bonds. The van der Waals surface area contributed by atoms with E-state index >= 15 is 0 Å². The highest BCUT2D eigenvalue weighted by Crippen LogP contribution is 2.44. The maximum atomic E-state index is 8.29. The minimum atomic E-state index is 0.570. The lowest BCUT2D eigenvalue weighted by molar-refractivity contribution is 0.670. The number of nitrogens with zero attached hydrogens (tertiary/aromatic N) is 3. The first-order valence-electron chi connectivity index (χ1n) is 18.0. The van der Waals surface area contributed by atoms with E-state index in [0.29, 0.717) is 5.69 Å². The van der Waals surface area contributed by atoms with Crippen molar-refractivity contribution >= 4 is 93.2 Å². The Kier molecular flexibility index (Phi) is 5.78. The Morgan fingerprint density at radius 2 is 0.926 bits per heavy atom. The van der Waals surface area contributed by atoms with Crippen LogP contribution in [0.3, 0.4) is 0 Å². The van der Waals surface area contributed by atoms with Crippen LogP contribution in [-0.4, -0.2) is 9.13 Å². The lowest BCUT2D eigenvalue weighted by Crippen LogP contribution is -1.97. The smallest absolute Gasteiger partial charge is 0.210 e. The quantitative estimate of drug-likeness (QED) is 0.173. The van der Waals surface area contributed by atoms with Crippen LogP contribution < -0.4 is 0 Å². The fraction of sp³-hybridized carbons (Fsp3) is 0. The first-order valence-corrected chi connectivity index (χ1v) is 18.0. The Morgan fingerprint density at radius 3 is 1.56 bits per heavy atom. The number of fused-ring (bicyclic) bond motifs is 14. The second-order valence-electron chi connectivity index (χ2n) is 13.9. The average Bonchev–Trinajstić information content (AvgIpc) is 3.98. The Morgan fingerprint density at radius 1 is 0.407 bits per heavy atom. The number of rotatable bonds is 3. The van der Waals surface area contributed by atoms with Crippen LogP contribution in [0.4, 0.5) is 5.69 Å². The van der Waals surface area contributed by atoms with E-state index in [2.05, 4.69) is 141 Å². The summed E-state index contributed by atoms with van der Waals surface area (Å²) >= 11 is 0. The van der Waals surface area contributed by atoms with Crippen LogP contribution in [-0.2, 0) is 0 Å². The van der Waals surface area contributed by atoms with Crippen molar-refractivity contribution in [3.63, 3.8) is 0 Å². The van der Waals surface area contributed by atoms with Crippen molar-refractivity contribution in [2.45, 2.75) is 0 Å². The summed E-state index contributed by atoms with van der Waals surface area (Å²) in [5.41, 5.74) is 12.0. The average molecular weight is 690 g/mol. The zero-order chi connectivity index (χ0) is 35.5. The van der Waals surface area contributed by atoms with E-state index in [4.69, 9.17) is 15.4 Å². The van der Waals surface area contributed by atoms with Crippen molar-refractivity contribution in [2.24, 2.45) is 0 Å². The monoisotopic (exact) mass is 689 g/mol. The molecule has 0 bridgehead atoms. The van der Waals surface area contributed by atoms with Crippen molar-refractivity contribution in [1.82, 2.24) is 9.13 Å². The van der Waals surface area contributed by atoms with Crippen LogP contribution in [0.15, 0.2) is 173 Å². The zero-order valence-corrected chi connectivity index (χ0v) is 28.7. The summed E-state index contributed by atoms with van der Waals surface area (Å²) < 4.78 is 17.8. The normalized spacial score (nSPS) is 12.1. The Bertz CT molecular complexity index is 3590. The predicted molar refractivity (Wildman–Crippen MR) is 221 cm³/mol. The highest BCUT2D eigenvalue weighted by molar-refractivity contribution is 6.23. The molecule has 0 unspecified atom stereocenters. The van der Waals surface area contributed by atoms with Gasteiger partial charge in [0.25, 0.3) is 0 Å². The molecule has 4 heterocycles. The summed E-state index contributed by atoms with van der Waals surface area (Å²) in [6, 6.07) is 57.0. The Hall–Kier alpha value is -7.55. The van der Waals surface area contributed by atoms with E-state index < -0.39 is 0 Å². The SMILES string of the molecule is [C-]#[N+]c1ccc(-c2cccc(-n3c4ccccc4c4ccc5c6ccccc6oc5c43)c2)cc1-n1c2ccccc2c2ccc3c4ccccc4oc3c21. The molecule has 250 valence electrons. The summed E-state index contributed by atoms with van der Waals surface area (Å²) in [6.07, 6.45) is 0. The van der Waals surface area contributed by atoms with Gasteiger partial charge >= 0.3 is 0 Å². The number of hydrogen-bond donors (Lipinski definition) is 0. The van der Waals surface area contributed by atoms with Gasteiger partial charge in [0.1, 0.15) is 11.2 Å². The third-order valence-corrected chi connectivity index (χ3v) is 11.1. The highest BCUT2D eigenvalue weighted by atomic mass is 16.3. The van der Waals surface area contributed by atoms with Gasteiger partial charge in [-0.2, -0.15) is 0 Å². The van der Waals surface area contributed by atoms with E-state index in [1.807, 2.05) is 36.4 Å². The van der Waals surface area contributed by atoms with Gasteiger partial charge in [-0.15, -0.1) is 0 Å². The molecular formula is C49H27N3O2. The van der Waals surface area contributed by atoms with E-state index in [1.54, 1.807) is 0 Å². The second kappa shape index (κ2) is 10.7. The van der Waals surface area contributed by atoms with Gasteiger partial charge in [0.15, 0.2) is 11.2 Å². The molecule has 12 aromatic rings. The molecule has 0 aliphatic heterocycles. The van der Waals surface area contributed by atoms with E-state index in [1.165, 1.54) is 5.39 Å². The number of aromatic nitrogens is 2. The highest BCUT2D eigenvalue weighted by Gasteiger charge is 2.22. The molecule has 0 spiro atoms. The van der Waals surface area contributed by atoms with E-state index in [-0.39, 0.29) is 0 Å². The molecule has 0 saturated heterocycles. The molecule has 12 rings (SSSR count). The molecule has 4 aromatic heterocycles. The maximum Gasteiger partial charge on any atom is 0.210 e. The number of benzene rings is 8. The lowest BCUT2D eigenvalue weighted by Gasteiger charge is -2.14. The Balaban J connectivity index is 1.11. The van der Waals surface area contributed by atoms with Gasteiger partial charge in [0.05, 0.1) is 34.3 Å². The fourth-order valence-electron chi connectivity index (χ4n) is 8.78. The topological polar surface area (TPSA) is 40.5 Å². The molecule has 0 atom stereocenters. The summed E-state index contributed by atoms with van der Waals surface area (Å²) in [7, 11) is 0. The van der Waals surface area contributed by atoms with Crippen LogP contribution in [0, 0.1) is 6.57 Å². The van der Waals surface area contributed by atoms with Gasteiger partial charge < -0.3 is 18.0 Å². The van der Waals surface area contributed by atoms with Gasteiger partial charge in [-0.25, -0.2) is 4.85 Å². The molecule has 0 fully saturated rings. The van der Waals surface area contributed by atoms with Crippen LogP contribution in [0.5, 0.6) is 0 Å². The summed E-state index contributed by atoms with van der Waals surface area (Å²) in [5.74, 6) is 0. The first-order chi connectivity index (χ1) is 26.7. The van der Waals surface area contributed by atoms with Crippen molar-refractivity contribution in [3.05, 3.63) is 175 Å². The molecule has 0 saturated carbocycles. The minimum absolute atomic E-state index is 0.570. The summed E-state index contributed by atoms with van der Waals surface area (Å²) in [6.45, 7) is 8.29. The van der Waals surface area contributed by atoms with Gasteiger partial charge in [-0.3, -0.25) is 0 Å². The van der Waals surface area contributed by atoms with Gasteiger partial charge in [-0.05, 0) is 65.7 Å². The fourth-order valence-corrected chi connectivity index (χ4v) is 8.78. The summed E-state index contributed by atoms with van der Waals surface area (Å²) in [4.78, 5) is 4.06. The molecule has 0 aliphatic carbocycles. The van der Waals surface area contributed by atoms with Gasteiger partial charge in [0, 0.05) is 48.8 Å². The zero-order valence-electron chi connectivity index (χ0n) is 28.7. The van der Waals surface area contributed by atoms with Gasteiger partial charge in [-0.1, -0.05) is 109 Å². The van der Waals surface area contributed by atoms with Crippen LogP contribution >= 0.6 is 0 Å². The molecule has 5 nitrogen and oxygen atoms in total. The van der Waals surface area contributed by atoms with Crippen molar-refractivity contribution in [3.8, 4) is 22.5 Å². The predicted octanol–water partition coefficient (Wildman–Crippen LogP) is 13.9. The minimum Gasteiger partial charge on any atom is -0.454 e. The first kappa shape index (κ1) is 29.1. The molecule has 0 radical (unpaired) electrons. The third-order valence-electron chi connectivity index (χ3n) is 11.1. The number of para-hydroxylation sites is 4. The van der Waals surface area contributed by atoms with Crippen LogP contribution in [0.1, 0.15) is 0 Å². The summed E-state index contributed by atoms with van der Waals surface area (Å²) in [5, 5.41) is 8.86. The van der Waals surface area contributed by atoms with E-state index in [9.17, 15) is 0 Å². The Labute approximate surface area is 307 Å². The number of furan rings is 2. The molecule has 0 aliphatic rings. The van der Waals surface area contributed by atoms with E-state index in [0.717, 1.165) is 105 Å². The van der Waals surface area contributed by atoms with Gasteiger partial charge in [0.2, 0.25) is 5.69 Å². The van der Waals surface area contributed by atoms with Crippen LogP contribution in [0.2, 0.25) is 0 Å². The van der Waals surface area contributed by atoms with Crippen molar-refractivity contribution < 1.29 is 8.83 Å². The standard InChI is InChI=1S/C49H27N3O2/c1-50-40-26-21-30(28-43(40)52-42-18-7-3-14-33(42)37-23-25-39-35-16-5-9-20-45(35)54-49(39)47(37)52)29-11-10-12-31(27-29)51-41-17-6-2-13-32(41)36-22-24-38-34-15-4-8-19-44(34)53-48(38)46(36)51/h2-28H. The lowest BCUT2D eigenvalue weighted by atomic mass is 10.0.